The number of hydrogen-bond acceptors (Lipinski definition) is 4. The molecule has 4 nitrogen and oxygen atoms in total. The molecule has 1 unspecified atom stereocenters. The van der Waals surface area contributed by atoms with E-state index in [0.29, 0.717) is 12.8 Å². The molecule has 3 fully saturated rings. The first kappa shape index (κ1) is 18.6. The average molecular weight is 348 g/mol. The smallest absolute Gasteiger partial charge is 0.302 e. The maximum Gasteiger partial charge on any atom is 0.302 e. The molecule has 8 atom stereocenters. The van der Waals surface area contributed by atoms with E-state index in [4.69, 9.17) is 4.74 Å². The van der Waals surface area contributed by atoms with Crippen LogP contribution in [0.1, 0.15) is 60.3 Å². The summed E-state index contributed by atoms with van der Waals surface area (Å²) in [7, 11) is 0. The third-order valence-electron chi connectivity index (χ3n) is 8.25. The Labute approximate surface area is 151 Å². The highest BCUT2D eigenvalue weighted by Crippen LogP contribution is 2.70. The van der Waals surface area contributed by atoms with Crippen LogP contribution in [0.3, 0.4) is 0 Å². The maximum absolute atomic E-state index is 13.0. The second-order valence-corrected chi connectivity index (χ2v) is 9.35. The summed E-state index contributed by atoms with van der Waals surface area (Å²) in [5, 5.41) is 11.2. The number of aliphatic hydroxyl groups excluding tert-OH is 1. The van der Waals surface area contributed by atoms with Crippen LogP contribution < -0.4 is 0 Å². The first-order valence-corrected chi connectivity index (χ1v) is 9.54. The Bertz CT molecular complexity index is 613. The molecule has 0 amide bonds. The summed E-state index contributed by atoms with van der Waals surface area (Å²) >= 11 is 0. The molecule has 3 rings (SSSR count). The number of rotatable bonds is 2. The van der Waals surface area contributed by atoms with Gasteiger partial charge in [0, 0.05) is 30.1 Å². The Balaban J connectivity index is 2.21. The van der Waals surface area contributed by atoms with Crippen molar-refractivity contribution in [2.24, 2.45) is 34.0 Å². The van der Waals surface area contributed by atoms with E-state index in [1.807, 2.05) is 13.0 Å². The number of aliphatic hydroxyl groups is 1. The van der Waals surface area contributed by atoms with Crippen LogP contribution in [0.2, 0.25) is 0 Å². The van der Waals surface area contributed by atoms with Gasteiger partial charge in [-0.15, -0.1) is 6.58 Å². The number of hydrogen-bond donors (Lipinski definition) is 1. The van der Waals surface area contributed by atoms with Gasteiger partial charge in [0.25, 0.3) is 0 Å². The molecule has 25 heavy (non-hydrogen) atoms. The van der Waals surface area contributed by atoms with Crippen LogP contribution in [0.15, 0.2) is 12.7 Å². The van der Waals surface area contributed by atoms with Gasteiger partial charge < -0.3 is 9.84 Å². The summed E-state index contributed by atoms with van der Waals surface area (Å²) in [6, 6.07) is 0. The predicted molar refractivity (Wildman–Crippen MR) is 95.7 cm³/mol. The molecule has 0 saturated heterocycles. The van der Waals surface area contributed by atoms with Crippen LogP contribution in [0.5, 0.6) is 0 Å². The van der Waals surface area contributed by atoms with Crippen molar-refractivity contribution in [1.82, 2.24) is 0 Å². The third-order valence-corrected chi connectivity index (χ3v) is 8.25. The quantitative estimate of drug-likeness (QED) is 0.612. The normalized spacial score (nSPS) is 52.2. The fraction of sp³-hybridized carbons (Fsp3) is 0.810. The summed E-state index contributed by atoms with van der Waals surface area (Å²) in [4.78, 5) is 24.8. The Morgan fingerprint density at radius 3 is 2.52 bits per heavy atom. The first-order chi connectivity index (χ1) is 11.5. The topological polar surface area (TPSA) is 63.6 Å². The molecule has 2 bridgehead atoms. The van der Waals surface area contributed by atoms with Gasteiger partial charge >= 0.3 is 5.97 Å². The molecule has 0 aromatic heterocycles. The average Bonchev–Trinajstić information content (AvgIpc) is 3.00. The van der Waals surface area contributed by atoms with Gasteiger partial charge in [-0.1, -0.05) is 33.8 Å². The van der Waals surface area contributed by atoms with Gasteiger partial charge in [0.2, 0.25) is 0 Å². The standard InChI is InChI=1S/C21H32O4/c1-7-19(5)11-16(25-14(4)22)20(6)12(2)10-21(13(3)18(19)24)9-8-15(23)17(20)21/h7,12-13,16-18,24H,1,8-11H2,2-6H3/t12?,13-,16+,17-,18-,19+,20-,21+/m0/s1. The van der Waals surface area contributed by atoms with Crippen LogP contribution >= 0.6 is 0 Å². The van der Waals surface area contributed by atoms with E-state index in [2.05, 4.69) is 27.4 Å². The zero-order valence-electron chi connectivity index (χ0n) is 16.2. The van der Waals surface area contributed by atoms with Gasteiger partial charge in [-0.2, -0.15) is 0 Å². The van der Waals surface area contributed by atoms with E-state index in [9.17, 15) is 14.7 Å². The summed E-state index contributed by atoms with van der Waals surface area (Å²) in [5.41, 5.74) is -1.14. The van der Waals surface area contributed by atoms with E-state index in [0.717, 1.165) is 12.8 Å². The molecule has 0 spiro atoms. The Morgan fingerprint density at radius 2 is 1.96 bits per heavy atom. The Kier molecular flexibility index (Phi) is 4.22. The maximum atomic E-state index is 13.0. The molecule has 4 heteroatoms. The molecule has 3 saturated carbocycles. The third kappa shape index (κ3) is 2.29. The Morgan fingerprint density at radius 1 is 1.32 bits per heavy atom. The lowest BCUT2D eigenvalue weighted by atomic mass is 9.55. The van der Waals surface area contributed by atoms with E-state index in [1.54, 1.807) is 0 Å². The second kappa shape index (κ2) is 5.67. The van der Waals surface area contributed by atoms with E-state index < -0.39 is 16.9 Å². The van der Waals surface area contributed by atoms with Crippen molar-refractivity contribution in [3.8, 4) is 0 Å². The lowest BCUT2D eigenvalue weighted by molar-refractivity contribution is -0.173. The second-order valence-electron chi connectivity index (χ2n) is 9.35. The molecule has 140 valence electrons. The zero-order valence-corrected chi connectivity index (χ0v) is 16.2. The van der Waals surface area contributed by atoms with E-state index in [1.165, 1.54) is 6.92 Å². The fourth-order valence-electron chi connectivity index (χ4n) is 6.60. The summed E-state index contributed by atoms with van der Waals surface area (Å²) in [5.74, 6) is 0.0851. The fourth-order valence-corrected chi connectivity index (χ4v) is 6.60. The Hall–Kier alpha value is -1.16. The van der Waals surface area contributed by atoms with Crippen molar-refractivity contribution in [2.75, 3.05) is 0 Å². The van der Waals surface area contributed by atoms with Gasteiger partial charge in [0.05, 0.1) is 6.10 Å². The molecule has 0 aliphatic heterocycles. The lowest BCUT2D eigenvalue weighted by Gasteiger charge is -2.52. The molecule has 0 aromatic carbocycles. The summed E-state index contributed by atoms with van der Waals surface area (Å²) < 4.78 is 5.81. The number of carbonyl (C=O) groups excluding carboxylic acids is 2. The molecule has 0 heterocycles. The van der Waals surface area contributed by atoms with Crippen molar-refractivity contribution in [2.45, 2.75) is 72.5 Å². The van der Waals surface area contributed by atoms with Gasteiger partial charge in [-0.25, -0.2) is 0 Å². The van der Waals surface area contributed by atoms with Gasteiger partial charge in [-0.05, 0) is 36.5 Å². The van der Waals surface area contributed by atoms with Crippen LogP contribution in [0.25, 0.3) is 0 Å². The molecule has 3 aliphatic carbocycles. The van der Waals surface area contributed by atoms with Crippen molar-refractivity contribution < 1.29 is 19.4 Å². The SMILES string of the molecule is C=C[C@]1(C)C[C@@H](OC(C)=O)[C@]2(C)C(C)C[C@]3(CCC(=O)[C@H]32)[C@@H](C)[C@@H]1O. The van der Waals surface area contributed by atoms with Crippen molar-refractivity contribution in [3.05, 3.63) is 12.7 Å². The van der Waals surface area contributed by atoms with Crippen LogP contribution in [0.4, 0.5) is 0 Å². The number of ether oxygens (including phenoxy) is 1. The van der Waals surface area contributed by atoms with Crippen molar-refractivity contribution in [1.29, 1.82) is 0 Å². The van der Waals surface area contributed by atoms with Crippen molar-refractivity contribution >= 4 is 11.8 Å². The number of ketones is 1. The molecule has 0 aromatic rings. The first-order valence-electron chi connectivity index (χ1n) is 9.54. The van der Waals surface area contributed by atoms with Crippen LogP contribution in [-0.2, 0) is 14.3 Å². The molecule has 3 aliphatic rings. The van der Waals surface area contributed by atoms with E-state index in [-0.39, 0.29) is 41.0 Å². The van der Waals surface area contributed by atoms with Crippen LogP contribution in [0, 0.1) is 34.0 Å². The summed E-state index contributed by atoms with van der Waals surface area (Å²) in [6.45, 7) is 13.8. The lowest BCUT2D eigenvalue weighted by Crippen LogP contribution is -2.55. The predicted octanol–water partition coefficient (Wildman–Crippen LogP) is 3.52. The summed E-state index contributed by atoms with van der Waals surface area (Å²) in [6.07, 6.45) is 3.62. The number of esters is 1. The minimum atomic E-state index is -0.605. The minimum Gasteiger partial charge on any atom is -0.462 e. The number of carbonyl (C=O) groups is 2. The highest BCUT2D eigenvalue weighted by molar-refractivity contribution is 5.86. The van der Waals surface area contributed by atoms with Crippen LogP contribution in [-0.4, -0.2) is 29.1 Å². The van der Waals surface area contributed by atoms with Gasteiger partial charge in [-0.3, -0.25) is 9.59 Å². The monoisotopic (exact) mass is 348 g/mol. The minimum absolute atomic E-state index is 0.00880. The molecular weight excluding hydrogens is 316 g/mol. The van der Waals surface area contributed by atoms with Gasteiger partial charge in [0.15, 0.2) is 0 Å². The zero-order chi connectivity index (χ0) is 18.8. The van der Waals surface area contributed by atoms with Crippen molar-refractivity contribution in [3.63, 3.8) is 0 Å². The highest BCUT2D eigenvalue weighted by atomic mass is 16.5. The largest absolute Gasteiger partial charge is 0.462 e. The number of Topliss-reactive ketones (excluding diaryl/α,β-unsaturated/α-hetero) is 1. The molecule has 0 radical (unpaired) electrons. The molecular formula is C21H32O4. The van der Waals surface area contributed by atoms with E-state index >= 15 is 0 Å². The highest BCUT2D eigenvalue weighted by Gasteiger charge is 2.71. The van der Waals surface area contributed by atoms with Gasteiger partial charge in [0.1, 0.15) is 11.9 Å². The molecule has 1 N–H and O–H groups in total.